The van der Waals surface area contributed by atoms with Crippen LogP contribution in [0.4, 0.5) is 0 Å². The van der Waals surface area contributed by atoms with Gasteiger partial charge in [-0.1, -0.05) is 42.5 Å². The average Bonchev–Trinajstić information content (AvgIpc) is 3.19. The summed E-state index contributed by atoms with van der Waals surface area (Å²) in [5.74, 6) is 0.248. The van der Waals surface area contributed by atoms with Crippen LogP contribution >= 0.6 is 0 Å². The first-order valence-electron chi connectivity index (χ1n) is 8.97. The van der Waals surface area contributed by atoms with Gasteiger partial charge in [0, 0.05) is 22.7 Å². The molecule has 2 unspecified atom stereocenters. The molecule has 2 atom stereocenters. The van der Waals surface area contributed by atoms with E-state index in [1.807, 2.05) is 24.3 Å². The zero-order valence-corrected chi connectivity index (χ0v) is 16.5. The first kappa shape index (κ1) is 19.2. The smallest absolute Gasteiger partial charge is 0.197 e. The molecule has 0 amide bonds. The van der Waals surface area contributed by atoms with Crippen molar-refractivity contribution in [1.29, 1.82) is 0 Å². The lowest BCUT2D eigenvalue weighted by Gasteiger charge is -2.42. The highest BCUT2D eigenvalue weighted by atomic mass is 32.2. The summed E-state index contributed by atoms with van der Waals surface area (Å²) in [6.07, 6.45) is 6.46. The number of benzene rings is 2. The van der Waals surface area contributed by atoms with E-state index >= 15 is 0 Å². The van der Waals surface area contributed by atoms with Crippen LogP contribution < -0.4 is 5.73 Å². The monoisotopic (exact) mass is 408 g/mol. The van der Waals surface area contributed by atoms with Gasteiger partial charge in [0.05, 0.1) is 17.5 Å². The maximum absolute atomic E-state index is 13.8. The lowest BCUT2D eigenvalue weighted by atomic mass is 9.75. The van der Waals surface area contributed by atoms with Crippen molar-refractivity contribution in [2.24, 2.45) is 5.73 Å². The van der Waals surface area contributed by atoms with Crippen molar-refractivity contribution < 1.29 is 17.9 Å². The van der Waals surface area contributed by atoms with Crippen LogP contribution in [0.1, 0.15) is 5.56 Å². The third-order valence-corrected chi connectivity index (χ3v) is 7.79. The second kappa shape index (κ2) is 6.72. The van der Waals surface area contributed by atoms with Crippen LogP contribution in [-0.2, 0) is 24.9 Å². The van der Waals surface area contributed by atoms with E-state index in [0.29, 0.717) is 11.8 Å². The van der Waals surface area contributed by atoms with Crippen molar-refractivity contribution in [3.8, 4) is 0 Å². The van der Waals surface area contributed by atoms with Crippen molar-refractivity contribution in [2.45, 2.75) is 15.2 Å². The SMILES string of the molecule is COC1=CC(C=O)(S(=O)(=O)c2ccccc2)C(N)(c2c[nH]c3ccccc23)C=C1. The molecule has 0 spiro atoms. The fourth-order valence-electron chi connectivity index (χ4n) is 3.85. The van der Waals surface area contributed by atoms with Gasteiger partial charge in [-0.3, -0.25) is 0 Å². The molecular weight excluding hydrogens is 388 g/mol. The minimum absolute atomic E-state index is 0.00349. The van der Waals surface area contributed by atoms with Crippen molar-refractivity contribution in [3.05, 3.63) is 90.3 Å². The number of aromatic amines is 1. The van der Waals surface area contributed by atoms with E-state index in [9.17, 15) is 13.2 Å². The molecule has 1 aliphatic rings. The average molecular weight is 408 g/mol. The standard InChI is InChI=1S/C22H20N2O4S/c1-28-16-11-12-22(23,19-14-24-20-10-6-5-9-18(19)20)21(13-16,15-25)29(26,27)17-7-3-2-4-8-17/h2-15,24H,23H2,1H3. The quantitative estimate of drug-likeness (QED) is 0.632. The summed E-state index contributed by atoms with van der Waals surface area (Å²) in [6.45, 7) is 0. The zero-order valence-electron chi connectivity index (χ0n) is 15.7. The summed E-state index contributed by atoms with van der Waals surface area (Å²) in [5.41, 5.74) is 6.44. The maximum Gasteiger partial charge on any atom is 0.197 e. The highest BCUT2D eigenvalue weighted by Gasteiger charge is 2.59. The number of nitrogens with two attached hydrogens (primary N) is 1. The van der Waals surface area contributed by atoms with Gasteiger partial charge >= 0.3 is 0 Å². The van der Waals surface area contributed by atoms with Gasteiger partial charge in [0.25, 0.3) is 0 Å². The topological polar surface area (TPSA) is 102 Å². The fourth-order valence-corrected chi connectivity index (χ4v) is 5.78. The minimum atomic E-state index is -4.23. The number of H-pyrrole nitrogens is 1. The molecule has 7 heteroatoms. The molecule has 0 bridgehead atoms. The molecule has 4 rings (SSSR count). The molecule has 0 saturated carbocycles. The lowest BCUT2D eigenvalue weighted by Crippen LogP contribution is -2.62. The number of para-hydroxylation sites is 1. The van der Waals surface area contributed by atoms with Gasteiger partial charge in [-0.05, 0) is 30.4 Å². The number of methoxy groups -OCH3 is 1. The van der Waals surface area contributed by atoms with E-state index < -0.39 is 20.1 Å². The molecule has 0 saturated heterocycles. The predicted octanol–water partition coefficient (Wildman–Crippen LogP) is 2.83. The summed E-state index contributed by atoms with van der Waals surface area (Å²) in [7, 11) is -2.82. The van der Waals surface area contributed by atoms with Gasteiger partial charge in [-0.25, -0.2) is 8.42 Å². The summed E-state index contributed by atoms with van der Waals surface area (Å²) < 4.78 is 30.7. The van der Waals surface area contributed by atoms with Gasteiger partial charge in [-0.15, -0.1) is 0 Å². The molecule has 6 nitrogen and oxygen atoms in total. The Labute approximate surface area is 168 Å². The molecule has 1 aliphatic carbocycles. The lowest BCUT2D eigenvalue weighted by molar-refractivity contribution is -0.110. The molecule has 0 radical (unpaired) electrons. The van der Waals surface area contributed by atoms with Crippen molar-refractivity contribution in [2.75, 3.05) is 7.11 Å². The van der Waals surface area contributed by atoms with Gasteiger partial charge < -0.3 is 20.2 Å². The number of carbonyl (C=O) groups excluding carboxylic acids is 1. The van der Waals surface area contributed by atoms with Crippen molar-refractivity contribution in [3.63, 3.8) is 0 Å². The first-order chi connectivity index (χ1) is 13.9. The van der Waals surface area contributed by atoms with Crippen molar-refractivity contribution in [1.82, 2.24) is 4.98 Å². The van der Waals surface area contributed by atoms with Gasteiger partial charge in [0.2, 0.25) is 0 Å². The Morgan fingerprint density at radius 3 is 2.45 bits per heavy atom. The van der Waals surface area contributed by atoms with Gasteiger partial charge in [-0.2, -0.15) is 0 Å². The molecule has 1 heterocycles. The highest BCUT2D eigenvalue weighted by molar-refractivity contribution is 7.93. The minimum Gasteiger partial charge on any atom is -0.497 e. The van der Waals surface area contributed by atoms with E-state index in [1.54, 1.807) is 30.5 Å². The molecular formula is C22H20N2O4S. The molecule has 3 aromatic rings. The normalized spacial score (nSPS) is 24.3. The molecule has 3 N–H and O–H groups in total. The number of aldehydes is 1. The maximum atomic E-state index is 13.8. The Morgan fingerprint density at radius 2 is 1.76 bits per heavy atom. The molecule has 148 valence electrons. The summed E-state index contributed by atoms with van der Waals surface area (Å²) in [5, 5.41) is 0.739. The number of sulfone groups is 1. The van der Waals surface area contributed by atoms with Crippen LogP contribution in [0.15, 0.2) is 89.7 Å². The number of allylic oxidation sites excluding steroid dienone is 1. The third-order valence-electron chi connectivity index (χ3n) is 5.46. The second-order valence-electron chi connectivity index (χ2n) is 6.93. The number of fused-ring (bicyclic) bond motifs is 1. The van der Waals surface area contributed by atoms with E-state index in [1.165, 1.54) is 31.4 Å². The Hall–Kier alpha value is -3.16. The Balaban J connectivity index is 2.06. The number of hydrogen-bond donors (Lipinski definition) is 2. The number of carbonyl (C=O) groups is 1. The fraction of sp³-hybridized carbons (Fsp3) is 0.136. The number of hydrogen-bond acceptors (Lipinski definition) is 5. The van der Waals surface area contributed by atoms with Crippen LogP contribution in [-0.4, -0.2) is 31.5 Å². The van der Waals surface area contributed by atoms with Crippen molar-refractivity contribution >= 4 is 27.0 Å². The summed E-state index contributed by atoms with van der Waals surface area (Å²) in [4.78, 5) is 15.7. The second-order valence-corrected chi connectivity index (χ2v) is 9.08. The Kier molecular flexibility index (Phi) is 4.44. The zero-order chi connectivity index (χ0) is 20.7. The van der Waals surface area contributed by atoms with E-state index in [4.69, 9.17) is 10.5 Å². The van der Waals surface area contributed by atoms with Crippen LogP contribution in [0.2, 0.25) is 0 Å². The van der Waals surface area contributed by atoms with E-state index in [2.05, 4.69) is 4.98 Å². The molecule has 29 heavy (non-hydrogen) atoms. The van der Waals surface area contributed by atoms with Crippen LogP contribution in [0.3, 0.4) is 0 Å². The molecule has 2 aromatic carbocycles. The van der Waals surface area contributed by atoms with Gasteiger partial charge in [0.1, 0.15) is 12.0 Å². The van der Waals surface area contributed by atoms with Crippen LogP contribution in [0, 0.1) is 0 Å². The predicted molar refractivity (Wildman–Crippen MR) is 111 cm³/mol. The number of nitrogens with one attached hydrogen (secondary N) is 1. The first-order valence-corrected chi connectivity index (χ1v) is 10.5. The van der Waals surface area contributed by atoms with Gasteiger partial charge in [0.15, 0.2) is 14.6 Å². The van der Waals surface area contributed by atoms with Crippen LogP contribution in [0.25, 0.3) is 10.9 Å². The number of rotatable bonds is 5. The number of ether oxygens (including phenoxy) is 1. The summed E-state index contributed by atoms with van der Waals surface area (Å²) >= 11 is 0. The molecule has 0 fully saturated rings. The molecule has 1 aromatic heterocycles. The molecule has 0 aliphatic heterocycles. The number of aromatic nitrogens is 1. The van der Waals surface area contributed by atoms with E-state index in [0.717, 1.165) is 10.9 Å². The largest absolute Gasteiger partial charge is 0.497 e. The summed E-state index contributed by atoms with van der Waals surface area (Å²) in [6, 6.07) is 15.2. The van der Waals surface area contributed by atoms with Crippen LogP contribution in [0.5, 0.6) is 0 Å². The Morgan fingerprint density at radius 1 is 1.07 bits per heavy atom. The van der Waals surface area contributed by atoms with E-state index in [-0.39, 0.29) is 10.7 Å². The highest BCUT2D eigenvalue weighted by Crippen LogP contribution is 2.46. The third kappa shape index (κ3) is 2.58. The Bertz CT molecular complexity index is 1240.